The van der Waals surface area contributed by atoms with E-state index in [4.69, 9.17) is 0 Å². The number of benzene rings is 1. The summed E-state index contributed by atoms with van der Waals surface area (Å²) < 4.78 is 26.8. The average Bonchev–Trinajstić information content (AvgIpc) is 2.59. The monoisotopic (exact) mass is 345 g/mol. The van der Waals surface area contributed by atoms with Gasteiger partial charge in [0.05, 0.1) is 17.4 Å². The van der Waals surface area contributed by atoms with E-state index in [1.165, 1.54) is 0 Å². The number of rotatable bonds is 3. The molecule has 2 aliphatic heterocycles. The van der Waals surface area contributed by atoms with Gasteiger partial charge in [-0.3, -0.25) is 4.79 Å². The number of nitrogens with zero attached hydrogens (tertiary/aromatic N) is 3. The Hall–Kier alpha value is -2.41. The molecule has 7 heteroatoms. The molecule has 24 heavy (non-hydrogen) atoms. The van der Waals surface area contributed by atoms with Gasteiger partial charge in [-0.15, -0.1) is 4.40 Å². The van der Waals surface area contributed by atoms with E-state index in [9.17, 15) is 13.2 Å². The van der Waals surface area contributed by atoms with Gasteiger partial charge in [0, 0.05) is 19.8 Å². The van der Waals surface area contributed by atoms with Crippen molar-refractivity contribution in [1.29, 1.82) is 0 Å². The van der Waals surface area contributed by atoms with E-state index in [1.807, 2.05) is 37.3 Å². The molecule has 1 aromatic carbocycles. The molecule has 0 aliphatic carbocycles. The van der Waals surface area contributed by atoms with E-state index < -0.39 is 10.0 Å². The van der Waals surface area contributed by atoms with E-state index in [0.717, 1.165) is 5.56 Å². The van der Waals surface area contributed by atoms with Gasteiger partial charge in [-0.25, -0.2) is 8.42 Å². The van der Waals surface area contributed by atoms with Crippen LogP contribution in [0.5, 0.6) is 0 Å². The molecule has 1 amide bonds. The fourth-order valence-electron chi connectivity index (χ4n) is 2.66. The van der Waals surface area contributed by atoms with Crippen LogP contribution in [0.1, 0.15) is 18.5 Å². The van der Waals surface area contributed by atoms with Crippen LogP contribution in [0.2, 0.25) is 0 Å². The maximum atomic E-state index is 12.7. The molecule has 2 heterocycles. The zero-order valence-electron chi connectivity index (χ0n) is 13.6. The molecule has 6 nitrogen and oxygen atoms in total. The lowest BCUT2D eigenvalue weighted by molar-refractivity contribution is -0.127. The first-order chi connectivity index (χ1) is 11.4. The molecule has 0 fully saturated rings. The average molecular weight is 345 g/mol. The van der Waals surface area contributed by atoms with Crippen LogP contribution in [0.15, 0.2) is 58.7 Å². The number of sulfonamides is 1. The van der Waals surface area contributed by atoms with Gasteiger partial charge >= 0.3 is 0 Å². The lowest BCUT2D eigenvalue weighted by Crippen LogP contribution is -2.38. The van der Waals surface area contributed by atoms with E-state index in [1.54, 1.807) is 35.2 Å². The number of hydrogen-bond donors (Lipinski definition) is 0. The summed E-state index contributed by atoms with van der Waals surface area (Å²) in [7, 11) is -1.62. The number of hydrogen-bond acceptors (Lipinski definition) is 4. The minimum absolute atomic E-state index is 0.0431. The Balaban J connectivity index is 1.79. The summed E-state index contributed by atoms with van der Waals surface area (Å²) in [5.74, 6) is 0.199. The van der Waals surface area contributed by atoms with Crippen LogP contribution in [0.4, 0.5) is 0 Å². The van der Waals surface area contributed by atoms with E-state index in [-0.39, 0.29) is 17.7 Å². The zero-order chi connectivity index (χ0) is 17.3. The van der Waals surface area contributed by atoms with Crippen molar-refractivity contribution < 1.29 is 13.2 Å². The van der Waals surface area contributed by atoms with Gasteiger partial charge in [0.2, 0.25) is 0 Å². The molecule has 0 aromatic heterocycles. The molecule has 0 radical (unpaired) electrons. The van der Waals surface area contributed by atoms with Gasteiger partial charge in [-0.2, -0.15) is 0 Å². The summed E-state index contributed by atoms with van der Waals surface area (Å²) in [5.41, 5.74) is 1.57. The summed E-state index contributed by atoms with van der Waals surface area (Å²) in [6.45, 7) is 2.28. The minimum atomic E-state index is -3.39. The number of amidine groups is 1. The Morgan fingerprint density at radius 3 is 2.67 bits per heavy atom. The summed E-state index contributed by atoms with van der Waals surface area (Å²) in [4.78, 5) is 16.1. The molecule has 126 valence electrons. The van der Waals surface area contributed by atoms with Crippen molar-refractivity contribution in [2.45, 2.75) is 13.0 Å². The predicted molar refractivity (Wildman–Crippen MR) is 92.8 cm³/mol. The van der Waals surface area contributed by atoms with Crippen molar-refractivity contribution in [3.63, 3.8) is 0 Å². The van der Waals surface area contributed by atoms with Crippen LogP contribution >= 0.6 is 0 Å². The van der Waals surface area contributed by atoms with Crippen molar-refractivity contribution in [2.75, 3.05) is 19.3 Å². The largest absolute Gasteiger partial charge is 0.335 e. The second kappa shape index (κ2) is 6.24. The highest BCUT2D eigenvalue weighted by molar-refractivity contribution is 7.90. The van der Waals surface area contributed by atoms with Crippen molar-refractivity contribution in [2.24, 2.45) is 4.40 Å². The fraction of sp³-hybridized carbons (Fsp3) is 0.294. The van der Waals surface area contributed by atoms with E-state index >= 15 is 0 Å². The molecule has 0 bridgehead atoms. The smallest absolute Gasteiger partial charge is 0.256 e. The predicted octanol–water partition coefficient (Wildman–Crippen LogP) is 1.70. The highest BCUT2D eigenvalue weighted by Gasteiger charge is 2.27. The Kier molecular flexibility index (Phi) is 4.28. The van der Waals surface area contributed by atoms with Crippen molar-refractivity contribution in [3.05, 3.63) is 59.8 Å². The maximum absolute atomic E-state index is 12.7. The first-order valence-corrected chi connectivity index (χ1v) is 9.29. The van der Waals surface area contributed by atoms with Crippen LogP contribution in [-0.4, -0.2) is 49.3 Å². The van der Waals surface area contributed by atoms with Gasteiger partial charge in [-0.1, -0.05) is 30.3 Å². The topological polar surface area (TPSA) is 70.1 Å². The van der Waals surface area contributed by atoms with E-state index in [0.29, 0.717) is 18.0 Å². The van der Waals surface area contributed by atoms with Crippen molar-refractivity contribution >= 4 is 21.8 Å². The summed E-state index contributed by atoms with van der Waals surface area (Å²) in [6, 6.07) is 9.74. The summed E-state index contributed by atoms with van der Waals surface area (Å²) in [6.07, 6.45) is 4.86. The second-order valence-electron chi connectivity index (χ2n) is 5.85. The molecule has 3 rings (SSSR count). The molecule has 2 aliphatic rings. The number of carbonyl (C=O) groups is 1. The molecule has 1 atom stereocenters. The quantitative estimate of drug-likeness (QED) is 0.836. The van der Waals surface area contributed by atoms with Crippen molar-refractivity contribution in [1.82, 2.24) is 9.80 Å². The lowest BCUT2D eigenvalue weighted by Gasteiger charge is -2.30. The Morgan fingerprint density at radius 2 is 1.96 bits per heavy atom. The summed E-state index contributed by atoms with van der Waals surface area (Å²) in [5, 5.41) is 0. The number of amides is 1. The first kappa shape index (κ1) is 16.4. The van der Waals surface area contributed by atoms with Gasteiger partial charge in [0.15, 0.2) is 0 Å². The molecule has 0 spiro atoms. The van der Waals surface area contributed by atoms with Crippen LogP contribution in [0, 0.1) is 0 Å². The first-order valence-electron chi connectivity index (χ1n) is 7.69. The molecule has 1 unspecified atom stereocenters. The number of likely N-dealkylation sites (N-methyl/N-ethyl adjacent to an activating group) is 1. The summed E-state index contributed by atoms with van der Waals surface area (Å²) >= 11 is 0. The van der Waals surface area contributed by atoms with Crippen LogP contribution in [0.3, 0.4) is 0 Å². The SMILES string of the molecule is CC(c1ccccc1)N(C)C(=O)C1=CN2CCS(=O)(=O)N=C2C=C1. The molecule has 0 saturated heterocycles. The van der Waals surface area contributed by atoms with Crippen LogP contribution in [-0.2, 0) is 14.8 Å². The van der Waals surface area contributed by atoms with Crippen molar-refractivity contribution in [3.8, 4) is 0 Å². The lowest BCUT2D eigenvalue weighted by atomic mass is 10.1. The third kappa shape index (κ3) is 3.26. The molecular formula is C17H19N3O3S. The molecule has 0 saturated carbocycles. The van der Waals surface area contributed by atoms with Crippen LogP contribution in [0.25, 0.3) is 0 Å². The maximum Gasteiger partial charge on any atom is 0.256 e. The van der Waals surface area contributed by atoms with Crippen LogP contribution < -0.4 is 0 Å². The number of carbonyl (C=O) groups excluding carboxylic acids is 1. The second-order valence-corrected chi connectivity index (χ2v) is 7.60. The standard InChI is InChI=1S/C17H19N3O3S/c1-13(14-6-4-3-5-7-14)19(2)17(21)15-8-9-16-18-24(22,23)11-10-20(16)12-15/h3-9,12-13H,10-11H2,1-2H3. The highest BCUT2D eigenvalue weighted by Crippen LogP contribution is 2.22. The molecule has 1 aromatic rings. The van der Waals surface area contributed by atoms with Gasteiger partial charge < -0.3 is 9.80 Å². The Bertz CT molecular complexity index is 841. The highest BCUT2D eigenvalue weighted by atomic mass is 32.2. The molecular weight excluding hydrogens is 326 g/mol. The Morgan fingerprint density at radius 1 is 1.25 bits per heavy atom. The third-order valence-electron chi connectivity index (χ3n) is 4.25. The normalized spacial score (nSPS) is 19.8. The van der Waals surface area contributed by atoms with Gasteiger partial charge in [0.25, 0.3) is 15.9 Å². The molecule has 0 N–H and O–H groups in total. The van der Waals surface area contributed by atoms with Gasteiger partial charge in [0.1, 0.15) is 5.84 Å². The van der Waals surface area contributed by atoms with Gasteiger partial charge in [-0.05, 0) is 24.6 Å². The third-order valence-corrected chi connectivity index (χ3v) is 5.42. The van der Waals surface area contributed by atoms with E-state index in [2.05, 4.69) is 4.40 Å². The number of fused-ring (bicyclic) bond motifs is 1. The zero-order valence-corrected chi connectivity index (χ0v) is 14.4. The fourth-order valence-corrected chi connectivity index (χ4v) is 3.63. The Labute approximate surface area is 141 Å². The minimum Gasteiger partial charge on any atom is -0.335 e.